The van der Waals surface area contributed by atoms with Crippen LogP contribution in [0.25, 0.3) is 0 Å². The van der Waals surface area contributed by atoms with Gasteiger partial charge >= 0.3 is 6.03 Å². The minimum absolute atomic E-state index is 0.0866. The number of aromatic nitrogens is 2. The summed E-state index contributed by atoms with van der Waals surface area (Å²) in [4.78, 5) is 26.8. The van der Waals surface area contributed by atoms with E-state index in [2.05, 4.69) is 25.1 Å². The molecule has 4 rings (SSSR count). The number of halogens is 2. The Morgan fingerprint density at radius 1 is 1.13 bits per heavy atom. The standard InChI is InChI=1S/C21H28Cl2N6O/c22-19-4-3-17(10-20(19)23)26-21(30)29-8-6-27(7-9-29)12-16-2-1-5-28(13-16)14-18-11-24-15-25-18/h3-4,10-11,15-16H,1-2,5-9,12-14H2,(H,24,25)(H,26,30)/t16-/m0/s1. The maximum Gasteiger partial charge on any atom is 0.321 e. The summed E-state index contributed by atoms with van der Waals surface area (Å²) in [5.41, 5.74) is 1.84. The number of benzene rings is 1. The number of rotatable bonds is 5. The molecule has 2 N–H and O–H groups in total. The average molecular weight is 451 g/mol. The average Bonchev–Trinajstić information content (AvgIpc) is 3.24. The molecule has 2 aromatic rings. The topological polar surface area (TPSA) is 67.5 Å². The summed E-state index contributed by atoms with van der Waals surface area (Å²) in [5.74, 6) is 0.679. The van der Waals surface area contributed by atoms with Gasteiger partial charge < -0.3 is 15.2 Å². The van der Waals surface area contributed by atoms with Crippen LogP contribution in [-0.2, 0) is 6.54 Å². The van der Waals surface area contributed by atoms with Crippen LogP contribution in [0.1, 0.15) is 18.5 Å². The van der Waals surface area contributed by atoms with Crippen LogP contribution in [0.5, 0.6) is 0 Å². The summed E-state index contributed by atoms with van der Waals surface area (Å²) in [7, 11) is 0. The smallest absolute Gasteiger partial charge is 0.321 e. The molecular weight excluding hydrogens is 423 g/mol. The number of nitrogens with one attached hydrogen (secondary N) is 2. The maximum atomic E-state index is 12.6. The molecule has 2 aliphatic rings. The van der Waals surface area contributed by atoms with Crippen LogP contribution in [0.3, 0.4) is 0 Å². The number of aromatic amines is 1. The van der Waals surface area contributed by atoms with Crippen molar-refractivity contribution in [2.24, 2.45) is 5.92 Å². The van der Waals surface area contributed by atoms with E-state index in [1.165, 1.54) is 18.5 Å². The van der Waals surface area contributed by atoms with E-state index < -0.39 is 0 Å². The Balaban J connectivity index is 1.21. The van der Waals surface area contributed by atoms with Crippen molar-refractivity contribution in [1.82, 2.24) is 24.7 Å². The van der Waals surface area contributed by atoms with Gasteiger partial charge in [0.05, 0.1) is 16.4 Å². The predicted molar refractivity (Wildman–Crippen MR) is 120 cm³/mol. The van der Waals surface area contributed by atoms with Gasteiger partial charge in [-0.1, -0.05) is 23.2 Å². The highest BCUT2D eigenvalue weighted by Gasteiger charge is 2.26. The molecule has 2 aliphatic heterocycles. The number of piperidine rings is 1. The van der Waals surface area contributed by atoms with Crippen molar-refractivity contribution in [1.29, 1.82) is 0 Å². The van der Waals surface area contributed by atoms with Gasteiger partial charge in [-0.2, -0.15) is 0 Å². The first-order valence-corrected chi connectivity index (χ1v) is 11.3. The van der Waals surface area contributed by atoms with Crippen LogP contribution in [-0.4, -0.2) is 76.5 Å². The highest BCUT2D eigenvalue weighted by molar-refractivity contribution is 6.42. The Labute approximate surface area is 187 Å². The zero-order valence-electron chi connectivity index (χ0n) is 17.0. The quantitative estimate of drug-likeness (QED) is 0.726. The van der Waals surface area contributed by atoms with Crippen LogP contribution in [0, 0.1) is 5.92 Å². The third kappa shape index (κ3) is 5.66. The third-order valence-electron chi connectivity index (χ3n) is 5.90. The molecule has 0 spiro atoms. The van der Waals surface area contributed by atoms with Crippen LogP contribution in [0.2, 0.25) is 10.0 Å². The van der Waals surface area contributed by atoms with E-state index >= 15 is 0 Å². The van der Waals surface area contributed by atoms with E-state index in [9.17, 15) is 4.79 Å². The fourth-order valence-electron chi connectivity index (χ4n) is 4.33. The van der Waals surface area contributed by atoms with Gasteiger partial charge in [0.25, 0.3) is 0 Å². The minimum Gasteiger partial charge on any atom is -0.347 e. The molecule has 1 aromatic carbocycles. The fourth-order valence-corrected chi connectivity index (χ4v) is 4.63. The second kappa shape index (κ2) is 10.0. The van der Waals surface area contributed by atoms with Crippen molar-refractivity contribution in [3.05, 3.63) is 46.5 Å². The van der Waals surface area contributed by atoms with Crippen LogP contribution < -0.4 is 5.32 Å². The molecule has 1 atom stereocenters. The van der Waals surface area contributed by atoms with Gasteiger partial charge in [0, 0.05) is 63.4 Å². The summed E-state index contributed by atoms with van der Waals surface area (Å²) in [6.07, 6.45) is 6.17. The molecule has 7 nitrogen and oxygen atoms in total. The van der Waals surface area contributed by atoms with E-state index in [-0.39, 0.29) is 6.03 Å². The normalized spacial score (nSPS) is 21.0. The lowest BCUT2D eigenvalue weighted by Crippen LogP contribution is -2.52. The number of amides is 2. The first-order chi connectivity index (χ1) is 14.6. The molecule has 2 amide bonds. The Morgan fingerprint density at radius 3 is 2.70 bits per heavy atom. The first-order valence-electron chi connectivity index (χ1n) is 10.5. The molecule has 2 fully saturated rings. The van der Waals surface area contributed by atoms with Crippen molar-refractivity contribution in [2.45, 2.75) is 19.4 Å². The molecule has 0 radical (unpaired) electrons. The monoisotopic (exact) mass is 450 g/mol. The highest BCUT2D eigenvalue weighted by Crippen LogP contribution is 2.25. The van der Waals surface area contributed by atoms with E-state index in [0.717, 1.165) is 52.4 Å². The number of carbonyl (C=O) groups is 1. The van der Waals surface area contributed by atoms with Crippen molar-refractivity contribution in [2.75, 3.05) is 51.1 Å². The molecular formula is C21H28Cl2N6O. The number of nitrogens with zero attached hydrogens (tertiary/aromatic N) is 4. The fraction of sp³-hybridized carbons (Fsp3) is 0.524. The Morgan fingerprint density at radius 2 is 1.97 bits per heavy atom. The third-order valence-corrected chi connectivity index (χ3v) is 6.64. The van der Waals surface area contributed by atoms with Gasteiger partial charge in [-0.15, -0.1) is 0 Å². The largest absolute Gasteiger partial charge is 0.347 e. The van der Waals surface area contributed by atoms with E-state index in [1.807, 2.05) is 11.1 Å². The van der Waals surface area contributed by atoms with Gasteiger partial charge in [0.2, 0.25) is 0 Å². The van der Waals surface area contributed by atoms with Crippen molar-refractivity contribution < 1.29 is 4.79 Å². The summed E-state index contributed by atoms with van der Waals surface area (Å²) in [5, 5.41) is 3.83. The van der Waals surface area contributed by atoms with E-state index in [0.29, 0.717) is 21.7 Å². The van der Waals surface area contributed by atoms with Crippen LogP contribution in [0.15, 0.2) is 30.7 Å². The molecule has 1 aromatic heterocycles. The van der Waals surface area contributed by atoms with Gasteiger partial charge in [-0.05, 0) is 43.5 Å². The lowest BCUT2D eigenvalue weighted by Gasteiger charge is -2.39. The molecule has 0 saturated carbocycles. The number of anilines is 1. The second-order valence-electron chi connectivity index (χ2n) is 8.17. The second-order valence-corrected chi connectivity index (χ2v) is 8.98. The number of H-pyrrole nitrogens is 1. The molecule has 30 heavy (non-hydrogen) atoms. The number of carbonyl (C=O) groups excluding carboxylic acids is 1. The lowest BCUT2D eigenvalue weighted by molar-refractivity contribution is 0.0980. The maximum absolute atomic E-state index is 12.6. The van der Waals surface area contributed by atoms with Gasteiger partial charge in [-0.3, -0.25) is 9.80 Å². The van der Waals surface area contributed by atoms with Crippen LogP contribution in [0.4, 0.5) is 10.5 Å². The highest BCUT2D eigenvalue weighted by atomic mass is 35.5. The minimum atomic E-state index is -0.0866. The first kappa shape index (κ1) is 21.4. The number of hydrogen-bond donors (Lipinski definition) is 2. The van der Waals surface area contributed by atoms with Gasteiger partial charge in [-0.25, -0.2) is 9.78 Å². The lowest BCUT2D eigenvalue weighted by atomic mass is 9.97. The molecule has 0 aliphatic carbocycles. The molecule has 3 heterocycles. The Hall–Kier alpha value is -1.80. The van der Waals surface area contributed by atoms with Crippen LogP contribution >= 0.6 is 23.2 Å². The number of hydrogen-bond acceptors (Lipinski definition) is 4. The zero-order valence-corrected chi connectivity index (χ0v) is 18.5. The molecule has 162 valence electrons. The summed E-state index contributed by atoms with van der Waals surface area (Å²) < 4.78 is 0. The van der Waals surface area contributed by atoms with E-state index in [4.69, 9.17) is 23.2 Å². The van der Waals surface area contributed by atoms with Crippen molar-refractivity contribution in [3.8, 4) is 0 Å². The van der Waals surface area contributed by atoms with Crippen molar-refractivity contribution >= 4 is 34.9 Å². The molecule has 0 unspecified atom stereocenters. The number of urea groups is 1. The number of likely N-dealkylation sites (tertiary alicyclic amines) is 1. The summed E-state index contributed by atoms with van der Waals surface area (Å²) in [6, 6.07) is 5.05. The predicted octanol–water partition coefficient (Wildman–Crippen LogP) is 3.78. The van der Waals surface area contributed by atoms with E-state index in [1.54, 1.807) is 24.5 Å². The summed E-state index contributed by atoms with van der Waals surface area (Å²) in [6.45, 7) is 7.60. The summed E-state index contributed by atoms with van der Waals surface area (Å²) >= 11 is 12.0. The van der Waals surface area contributed by atoms with Gasteiger partial charge in [0.15, 0.2) is 0 Å². The van der Waals surface area contributed by atoms with Crippen molar-refractivity contribution in [3.63, 3.8) is 0 Å². The Bertz CT molecular complexity index is 838. The molecule has 9 heteroatoms. The number of piperazine rings is 1. The zero-order chi connectivity index (χ0) is 20.9. The molecule has 0 bridgehead atoms. The Kier molecular flexibility index (Phi) is 7.15. The SMILES string of the molecule is O=C(Nc1ccc(Cl)c(Cl)c1)N1CCN(C[C@@H]2CCCN(Cc3cnc[nH]3)C2)CC1. The van der Waals surface area contributed by atoms with Gasteiger partial charge in [0.1, 0.15) is 0 Å². The number of imidazole rings is 1. The molecule has 2 saturated heterocycles.